The molecule has 1 aliphatic rings. The maximum atomic E-state index is 12.2. The molecule has 0 aromatic carbocycles. The third-order valence-electron chi connectivity index (χ3n) is 3.21. The maximum absolute atomic E-state index is 12.2. The number of carbonyl (C=O) groups excluding carboxylic acids is 1. The Labute approximate surface area is 124 Å². The van der Waals surface area contributed by atoms with Crippen LogP contribution in [-0.2, 0) is 12.8 Å². The molecule has 1 N–H and O–H groups in total. The van der Waals surface area contributed by atoms with Crippen molar-refractivity contribution in [3.05, 3.63) is 44.3 Å². The van der Waals surface area contributed by atoms with Crippen LogP contribution in [-0.4, -0.2) is 10.9 Å². The van der Waals surface area contributed by atoms with Gasteiger partial charge in [0.15, 0.2) is 0 Å². The van der Waals surface area contributed by atoms with Crippen molar-refractivity contribution in [2.45, 2.75) is 25.7 Å². The van der Waals surface area contributed by atoms with Crippen molar-refractivity contribution in [1.82, 2.24) is 4.98 Å². The Kier molecular flexibility index (Phi) is 3.66. The number of aromatic nitrogens is 1. The molecule has 0 saturated carbocycles. The Hall–Kier alpha value is -1.20. The van der Waals surface area contributed by atoms with Crippen LogP contribution in [0, 0.1) is 0 Å². The quantitative estimate of drug-likeness (QED) is 0.841. The first kappa shape index (κ1) is 12.8. The minimum absolute atomic E-state index is 0.0384. The summed E-state index contributed by atoms with van der Waals surface area (Å²) in [5.41, 5.74) is 2.08. The highest BCUT2D eigenvalue weighted by molar-refractivity contribution is 9.10. The van der Waals surface area contributed by atoms with Gasteiger partial charge in [0.1, 0.15) is 4.60 Å². The number of hydrogen-bond donors (Lipinski definition) is 1. The molecule has 0 atom stereocenters. The normalized spacial score (nSPS) is 13.9. The monoisotopic (exact) mass is 336 g/mol. The van der Waals surface area contributed by atoms with Crippen molar-refractivity contribution in [1.29, 1.82) is 0 Å². The SMILES string of the molecule is O=C(Nc1ccc(Br)nc1)c1cc2c(s1)CCCC2. The second kappa shape index (κ2) is 5.43. The second-order valence-corrected chi connectivity index (χ2v) is 6.54. The number of carbonyl (C=O) groups is 1. The molecular formula is C14H13BrN2OS. The lowest BCUT2D eigenvalue weighted by atomic mass is 9.99. The number of fused-ring (bicyclic) bond motifs is 1. The maximum Gasteiger partial charge on any atom is 0.265 e. The number of anilines is 1. The average Bonchev–Trinajstić information content (AvgIpc) is 2.85. The first-order valence-electron chi connectivity index (χ1n) is 6.27. The number of amides is 1. The van der Waals surface area contributed by atoms with Gasteiger partial charge in [-0.05, 0) is 65.4 Å². The summed E-state index contributed by atoms with van der Waals surface area (Å²) in [6.45, 7) is 0. The summed E-state index contributed by atoms with van der Waals surface area (Å²) >= 11 is 4.90. The van der Waals surface area contributed by atoms with E-state index >= 15 is 0 Å². The molecule has 0 bridgehead atoms. The molecule has 1 amide bonds. The third kappa shape index (κ3) is 2.87. The average molecular weight is 337 g/mol. The van der Waals surface area contributed by atoms with E-state index < -0.39 is 0 Å². The molecule has 0 unspecified atom stereocenters. The van der Waals surface area contributed by atoms with E-state index in [1.807, 2.05) is 18.2 Å². The van der Waals surface area contributed by atoms with Gasteiger partial charge in [-0.15, -0.1) is 11.3 Å². The number of nitrogens with one attached hydrogen (secondary N) is 1. The zero-order valence-corrected chi connectivity index (χ0v) is 12.7. The number of thiophene rings is 1. The summed E-state index contributed by atoms with van der Waals surface area (Å²) in [7, 11) is 0. The number of pyridine rings is 1. The molecule has 1 aliphatic carbocycles. The van der Waals surface area contributed by atoms with Crippen molar-refractivity contribution in [3.8, 4) is 0 Å². The first-order valence-corrected chi connectivity index (χ1v) is 7.88. The smallest absolute Gasteiger partial charge is 0.265 e. The number of rotatable bonds is 2. The summed E-state index contributed by atoms with van der Waals surface area (Å²) < 4.78 is 0.761. The van der Waals surface area contributed by atoms with E-state index in [9.17, 15) is 4.79 Å². The molecule has 0 aliphatic heterocycles. The van der Waals surface area contributed by atoms with Crippen LogP contribution in [0.2, 0.25) is 0 Å². The number of halogens is 1. The molecule has 3 rings (SSSR count). The molecule has 2 aromatic heterocycles. The van der Waals surface area contributed by atoms with Crippen LogP contribution in [0.15, 0.2) is 29.0 Å². The highest BCUT2D eigenvalue weighted by Gasteiger charge is 2.17. The van der Waals surface area contributed by atoms with Gasteiger partial charge in [0.05, 0.1) is 16.8 Å². The van der Waals surface area contributed by atoms with Gasteiger partial charge in [-0.1, -0.05) is 0 Å². The Morgan fingerprint density at radius 2 is 2.16 bits per heavy atom. The van der Waals surface area contributed by atoms with Crippen LogP contribution >= 0.6 is 27.3 Å². The summed E-state index contributed by atoms with van der Waals surface area (Å²) in [5, 5.41) is 2.88. The van der Waals surface area contributed by atoms with E-state index in [1.165, 1.54) is 23.3 Å². The zero-order valence-electron chi connectivity index (χ0n) is 10.3. The lowest BCUT2D eigenvalue weighted by Crippen LogP contribution is -2.10. The second-order valence-electron chi connectivity index (χ2n) is 4.59. The van der Waals surface area contributed by atoms with E-state index in [0.29, 0.717) is 0 Å². The Bertz CT molecular complexity index is 583. The Balaban J connectivity index is 1.76. The Morgan fingerprint density at radius 3 is 2.89 bits per heavy atom. The van der Waals surface area contributed by atoms with E-state index in [1.54, 1.807) is 17.5 Å². The largest absolute Gasteiger partial charge is 0.320 e. The van der Waals surface area contributed by atoms with Crippen molar-refractivity contribution in [2.24, 2.45) is 0 Å². The minimum atomic E-state index is -0.0384. The van der Waals surface area contributed by atoms with Crippen LogP contribution in [0.5, 0.6) is 0 Å². The molecule has 0 spiro atoms. The van der Waals surface area contributed by atoms with Crippen LogP contribution in [0.4, 0.5) is 5.69 Å². The molecule has 0 radical (unpaired) electrons. The minimum Gasteiger partial charge on any atom is -0.320 e. The Morgan fingerprint density at radius 1 is 1.32 bits per heavy atom. The van der Waals surface area contributed by atoms with Gasteiger partial charge in [0.2, 0.25) is 0 Å². The van der Waals surface area contributed by atoms with Crippen molar-refractivity contribution in [2.75, 3.05) is 5.32 Å². The fraction of sp³-hybridized carbons (Fsp3) is 0.286. The van der Waals surface area contributed by atoms with Crippen LogP contribution in [0.3, 0.4) is 0 Å². The zero-order chi connectivity index (χ0) is 13.2. The van der Waals surface area contributed by atoms with Crippen molar-refractivity contribution >= 4 is 38.9 Å². The fourth-order valence-electron chi connectivity index (χ4n) is 2.25. The van der Waals surface area contributed by atoms with E-state index in [0.717, 1.165) is 28.0 Å². The van der Waals surface area contributed by atoms with Gasteiger partial charge in [0.25, 0.3) is 5.91 Å². The van der Waals surface area contributed by atoms with E-state index in [4.69, 9.17) is 0 Å². The van der Waals surface area contributed by atoms with Crippen LogP contribution < -0.4 is 5.32 Å². The topological polar surface area (TPSA) is 42.0 Å². The molecule has 0 saturated heterocycles. The molecule has 3 nitrogen and oxygen atoms in total. The summed E-state index contributed by atoms with van der Waals surface area (Å²) in [4.78, 5) is 18.5. The predicted octanol–water partition coefficient (Wildman–Crippen LogP) is 4.04. The van der Waals surface area contributed by atoms with Gasteiger partial charge in [0, 0.05) is 4.88 Å². The lowest BCUT2D eigenvalue weighted by molar-refractivity contribution is 0.103. The molecule has 0 fully saturated rings. The predicted molar refractivity (Wildman–Crippen MR) is 80.9 cm³/mol. The molecule has 98 valence electrons. The summed E-state index contributed by atoms with van der Waals surface area (Å²) in [6, 6.07) is 5.69. The molecule has 19 heavy (non-hydrogen) atoms. The van der Waals surface area contributed by atoms with Crippen molar-refractivity contribution in [3.63, 3.8) is 0 Å². The van der Waals surface area contributed by atoms with Crippen LogP contribution in [0.25, 0.3) is 0 Å². The number of nitrogens with zero attached hydrogens (tertiary/aromatic N) is 1. The highest BCUT2D eigenvalue weighted by atomic mass is 79.9. The third-order valence-corrected chi connectivity index (χ3v) is 4.91. The van der Waals surface area contributed by atoms with Gasteiger partial charge < -0.3 is 5.32 Å². The molecular weight excluding hydrogens is 324 g/mol. The molecule has 2 heterocycles. The molecule has 5 heteroatoms. The van der Waals surface area contributed by atoms with Gasteiger partial charge in [-0.2, -0.15) is 0 Å². The van der Waals surface area contributed by atoms with Crippen molar-refractivity contribution < 1.29 is 4.79 Å². The summed E-state index contributed by atoms with van der Waals surface area (Å²) in [6.07, 6.45) is 6.36. The first-order chi connectivity index (χ1) is 9.22. The summed E-state index contributed by atoms with van der Waals surface area (Å²) in [5.74, 6) is -0.0384. The lowest BCUT2D eigenvalue weighted by Gasteiger charge is -2.08. The highest BCUT2D eigenvalue weighted by Crippen LogP contribution is 2.30. The standard InChI is InChI=1S/C14H13BrN2OS/c15-13-6-5-10(8-16-13)17-14(18)12-7-9-3-1-2-4-11(9)19-12/h5-8H,1-4H2,(H,17,18). The van der Waals surface area contributed by atoms with Gasteiger partial charge >= 0.3 is 0 Å². The van der Waals surface area contributed by atoms with Gasteiger partial charge in [-0.25, -0.2) is 4.98 Å². The fourth-order valence-corrected chi connectivity index (χ4v) is 3.63. The number of hydrogen-bond acceptors (Lipinski definition) is 3. The van der Waals surface area contributed by atoms with Gasteiger partial charge in [-0.3, -0.25) is 4.79 Å². The van der Waals surface area contributed by atoms with E-state index in [2.05, 4.69) is 26.2 Å². The van der Waals surface area contributed by atoms with Crippen LogP contribution in [0.1, 0.15) is 33.0 Å². The van der Waals surface area contributed by atoms with E-state index in [-0.39, 0.29) is 5.91 Å². The molecule has 2 aromatic rings. The number of aryl methyl sites for hydroxylation is 2.